The molecule has 1 unspecified atom stereocenters. The van der Waals surface area contributed by atoms with Gasteiger partial charge in [-0.15, -0.1) is 11.3 Å². The summed E-state index contributed by atoms with van der Waals surface area (Å²) in [6.45, 7) is 3.38. The minimum Gasteiger partial charge on any atom is -0.368 e. The molecule has 0 saturated carbocycles. The van der Waals surface area contributed by atoms with Crippen molar-refractivity contribution in [3.05, 3.63) is 51.5 Å². The Bertz CT molecular complexity index is 648. The molecule has 0 aliphatic carbocycles. The van der Waals surface area contributed by atoms with Crippen LogP contribution >= 0.6 is 11.3 Å². The van der Waals surface area contributed by atoms with Crippen LogP contribution in [0.15, 0.2) is 30.3 Å². The Morgan fingerprint density at radius 1 is 1.39 bits per heavy atom. The van der Waals surface area contributed by atoms with Crippen LogP contribution in [0.5, 0.6) is 0 Å². The molecule has 2 aromatic rings. The predicted molar refractivity (Wildman–Crippen MR) is 91.8 cm³/mol. The van der Waals surface area contributed by atoms with Gasteiger partial charge in [-0.2, -0.15) is 0 Å². The Labute approximate surface area is 140 Å². The first-order valence-electron chi connectivity index (χ1n) is 8.11. The highest BCUT2D eigenvalue weighted by atomic mass is 32.1. The quantitative estimate of drug-likeness (QED) is 0.886. The first-order valence-corrected chi connectivity index (χ1v) is 8.92. The molecule has 0 radical (unpaired) electrons. The zero-order valence-electron chi connectivity index (χ0n) is 13.4. The van der Waals surface area contributed by atoms with E-state index in [0.29, 0.717) is 13.2 Å². The van der Waals surface area contributed by atoms with Crippen molar-refractivity contribution in [2.24, 2.45) is 0 Å². The molecule has 122 valence electrons. The van der Waals surface area contributed by atoms with Crippen molar-refractivity contribution in [1.29, 1.82) is 0 Å². The number of nitrogens with one attached hydrogen (secondary N) is 1. The van der Waals surface area contributed by atoms with Gasteiger partial charge in [-0.1, -0.05) is 30.3 Å². The molecule has 1 fully saturated rings. The van der Waals surface area contributed by atoms with Crippen molar-refractivity contribution >= 4 is 17.2 Å². The zero-order chi connectivity index (χ0) is 16.1. The van der Waals surface area contributed by atoms with Gasteiger partial charge >= 0.3 is 0 Å². The van der Waals surface area contributed by atoms with Gasteiger partial charge in [-0.3, -0.25) is 4.79 Å². The van der Waals surface area contributed by atoms with E-state index >= 15 is 0 Å². The van der Waals surface area contributed by atoms with Gasteiger partial charge in [0.15, 0.2) is 0 Å². The van der Waals surface area contributed by atoms with E-state index in [4.69, 9.17) is 4.74 Å². The van der Waals surface area contributed by atoms with Crippen LogP contribution in [-0.2, 0) is 22.4 Å². The number of carbonyl (C=O) groups excluding carboxylic acids is 1. The summed E-state index contributed by atoms with van der Waals surface area (Å²) in [5.41, 5.74) is 2.40. The number of carbonyl (C=O) groups is 1. The number of ether oxygens (including phenoxy) is 1. The molecule has 5 heteroatoms. The Hall–Kier alpha value is -1.72. The second-order valence-corrected chi connectivity index (χ2v) is 6.99. The monoisotopic (exact) mass is 330 g/mol. The highest BCUT2D eigenvalue weighted by Gasteiger charge is 2.23. The third kappa shape index (κ3) is 4.39. The Morgan fingerprint density at radius 3 is 2.96 bits per heavy atom. The molecular weight excluding hydrogens is 308 g/mol. The highest BCUT2D eigenvalue weighted by molar-refractivity contribution is 7.11. The lowest BCUT2D eigenvalue weighted by Gasteiger charge is -2.09. The number of aryl methyl sites for hydroxylation is 1. The minimum atomic E-state index is -0.248. The maximum absolute atomic E-state index is 11.9. The fourth-order valence-corrected chi connectivity index (χ4v) is 3.83. The third-order valence-electron chi connectivity index (χ3n) is 4.00. The average molecular weight is 330 g/mol. The fourth-order valence-electron chi connectivity index (χ4n) is 2.73. The molecule has 1 aliphatic rings. The predicted octanol–water partition coefficient (Wildman–Crippen LogP) is 2.88. The van der Waals surface area contributed by atoms with Crippen molar-refractivity contribution < 1.29 is 9.53 Å². The van der Waals surface area contributed by atoms with Gasteiger partial charge < -0.3 is 10.1 Å². The first kappa shape index (κ1) is 16.1. The SMILES string of the molecule is Cc1nc(CCNC(=O)C2CCCO2)sc1Cc1ccccc1. The van der Waals surface area contributed by atoms with E-state index in [0.717, 1.165) is 36.4 Å². The van der Waals surface area contributed by atoms with E-state index in [1.165, 1.54) is 10.4 Å². The molecule has 0 spiro atoms. The van der Waals surface area contributed by atoms with Crippen molar-refractivity contribution in [2.45, 2.75) is 38.7 Å². The molecule has 1 aliphatic heterocycles. The maximum atomic E-state index is 11.9. The highest BCUT2D eigenvalue weighted by Crippen LogP contribution is 2.22. The minimum absolute atomic E-state index is 0.0142. The summed E-state index contributed by atoms with van der Waals surface area (Å²) in [4.78, 5) is 17.8. The molecule has 2 heterocycles. The summed E-state index contributed by atoms with van der Waals surface area (Å²) in [5, 5.41) is 4.04. The lowest BCUT2D eigenvalue weighted by molar-refractivity contribution is -0.129. The summed E-state index contributed by atoms with van der Waals surface area (Å²) in [5.74, 6) is 0.0142. The second kappa shape index (κ2) is 7.70. The van der Waals surface area contributed by atoms with Crippen LogP contribution in [0.1, 0.15) is 34.0 Å². The molecule has 3 rings (SSSR count). The Morgan fingerprint density at radius 2 is 2.22 bits per heavy atom. The van der Waals surface area contributed by atoms with Crippen LogP contribution < -0.4 is 5.32 Å². The van der Waals surface area contributed by atoms with Crippen molar-refractivity contribution in [1.82, 2.24) is 10.3 Å². The molecule has 1 atom stereocenters. The summed E-state index contributed by atoms with van der Waals surface area (Å²) in [6.07, 6.45) is 3.27. The van der Waals surface area contributed by atoms with Crippen molar-refractivity contribution in [3.63, 3.8) is 0 Å². The number of nitrogens with zero attached hydrogens (tertiary/aromatic N) is 1. The van der Waals surface area contributed by atoms with Gasteiger partial charge in [0.25, 0.3) is 0 Å². The van der Waals surface area contributed by atoms with Crippen molar-refractivity contribution in [2.75, 3.05) is 13.2 Å². The summed E-state index contributed by atoms with van der Waals surface area (Å²) >= 11 is 1.74. The Kier molecular flexibility index (Phi) is 5.41. The lowest BCUT2D eigenvalue weighted by atomic mass is 10.1. The second-order valence-electron chi connectivity index (χ2n) is 5.82. The van der Waals surface area contributed by atoms with Gasteiger partial charge in [0.1, 0.15) is 6.10 Å². The number of amides is 1. The van der Waals surface area contributed by atoms with E-state index in [1.807, 2.05) is 6.07 Å². The third-order valence-corrected chi connectivity index (χ3v) is 5.22. The van der Waals surface area contributed by atoms with Gasteiger partial charge in [-0.05, 0) is 25.3 Å². The number of thiazole rings is 1. The molecular formula is C18H22N2O2S. The maximum Gasteiger partial charge on any atom is 0.249 e. The summed E-state index contributed by atoms with van der Waals surface area (Å²) in [6, 6.07) is 10.4. The first-order chi connectivity index (χ1) is 11.2. The number of hydrogen-bond acceptors (Lipinski definition) is 4. The smallest absolute Gasteiger partial charge is 0.249 e. The molecule has 1 aromatic carbocycles. The van der Waals surface area contributed by atoms with Crippen molar-refractivity contribution in [3.8, 4) is 0 Å². The van der Waals surface area contributed by atoms with Crippen LogP contribution in [0.2, 0.25) is 0 Å². The normalized spacial score (nSPS) is 17.3. The summed E-state index contributed by atoms with van der Waals surface area (Å²) in [7, 11) is 0. The van der Waals surface area contributed by atoms with Crippen LogP contribution in [0.4, 0.5) is 0 Å². The van der Waals surface area contributed by atoms with E-state index in [-0.39, 0.29) is 12.0 Å². The molecule has 0 bridgehead atoms. The molecule has 1 saturated heterocycles. The van der Waals surface area contributed by atoms with Crippen LogP contribution in [0, 0.1) is 6.92 Å². The lowest BCUT2D eigenvalue weighted by Crippen LogP contribution is -2.35. The summed E-state index contributed by atoms with van der Waals surface area (Å²) < 4.78 is 5.38. The molecule has 1 aromatic heterocycles. The average Bonchev–Trinajstić information content (AvgIpc) is 3.19. The van der Waals surface area contributed by atoms with Crippen LogP contribution in [0.3, 0.4) is 0 Å². The number of rotatable bonds is 6. The van der Waals surface area contributed by atoms with E-state index in [1.54, 1.807) is 11.3 Å². The van der Waals surface area contributed by atoms with E-state index < -0.39 is 0 Å². The molecule has 1 N–H and O–H groups in total. The van der Waals surface area contributed by atoms with Gasteiger partial charge in [0.05, 0.1) is 10.7 Å². The zero-order valence-corrected chi connectivity index (χ0v) is 14.2. The van der Waals surface area contributed by atoms with Crippen LogP contribution in [0.25, 0.3) is 0 Å². The standard InChI is InChI=1S/C18H22N2O2S/c1-13-16(12-14-6-3-2-4-7-14)23-17(20-13)9-10-19-18(21)15-8-5-11-22-15/h2-4,6-7,15H,5,8-12H2,1H3,(H,19,21). The molecule has 1 amide bonds. The number of aromatic nitrogens is 1. The van der Waals surface area contributed by atoms with Gasteiger partial charge in [-0.25, -0.2) is 4.98 Å². The largest absolute Gasteiger partial charge is 0.368 e. The molecule has 23 heavy (non-hydrogen) atoms. The fraction of sp³-hybridized carbons (Fsp3) is 0.444. The van der Waals surface area contributed by atoms with Gasteiger partial charge in [0.2, 0.25) is 5.91 Å². The number of benzene rings is 1. The van der Waals surface area contributed by atoms with E-state index in [9.17, 15) is 4.79 Å². The number of hydrogen-bond donors (Lipinski definition) is 1. The molecule has 4 nitrogen and oxygen atoms in total. The van der Waals surface area contributed by atoms with Gasteiger partial charge in [0, 0.05) is 30.9 Å². The Balaban J connectivity index is 1.51. The van der Waals surface area contributed by atoms with E-state index in [2.05, 4.69) is 41.5 Å². The van der Waals surface area contributed by atoms with Crippen LogP contribution in [-0.4, -0.2) is 30.1 Å². The topological polar surface area (TPSA) is 51.2 Å².